The molecule has 0 radical (unpaired) electrons. The van der Waals surface area contributed by atoms with Crippen molar-refractivity contribution in [2.24, 2.45) is 0 Å². The zero-order chi connectivity index (χ0) is 13.1. The van der Waals surface area contributed by atoms with E-state index in [1.165, 1.54) is 16.4 Å². The van der Waals surface area contributed by atoms with E-state index < -0.39 is 0 Å². The van der Waals surface area contributed by atoms with Gasteiger partial charge in [-0.2, -0.15) is 5.26 Å². The third-order valence-electron chi connectivity index (χ3n) is 2.21. The molecular weight excluding hydrogens is 314 g/mol. The van der Waals surface area contributed by atoms with Gasteiger partial charge in [-0.25, -0.2) is 4.68 Å². The van der Waals surface area contributed by atoms with E-state index in [1.807, 2.05) is 24.3 Å². The number of nitriles is 1. The van der Waals surface area contributed by atoms with Crippen LogP contribution in [0.1, 0.15) is 6.92 Å². The number of nitrogens with zero attached hydrogens (tertiary/aromatic N) is 4. The van der Waals surface area contributed by atoms with E-state index in [4.69, 9.17) is 11.1 Å². The molecule has 0 saturated carbocycles. The number of rotatable bonds is 3. The highest BCUT2D eigenvalue weighted by molar-refractivity contribution is 9.10. The van der Waals surface area contributed by atoms with E-state index in [0.29, 0.717) is 11.0 Å². The lowest BCUT2D eigenvalue weighted by atomic mass is 10.2. The standard InChI is InChI=1S/C11H10BrN5S/c1-7(6-13)18-11-16-15-10(17(11)14)8-3-2-4-9(12)5-8/h2-5,7H,14H2,1H3. The molecule has 2 N–H and O–H groups in total. The average Bonchev–Trinajstić information content (AvgIpc) is 2.71. The van der Waals surface area contributed by atoms with Crippen LogP contribution in [0.3, 0.4) is 0 Å². The van der Waals surface area contributed by atoms with Crippen LogP contribution in [0.15, 0.2) is 33.9 Å². The number of aromatic nitrogens is 3. The van der Waals surface area contributed by atoms with Gasteiger partial charge in [0.05, 0.1) is 11.3 Å². The lowest BCUT2D eigenvalue weighted by Crippen LogP contribution is -2.12. The maximum Gasteiger partial charge on any atom is 0.211 e. The number of halogens is 1. The minimum absolute atomic E-state index is 0.216. The first kappa shape index (κ1) is 12.9. The molecule has 0 bridgehead atoms. The van der Waals surface area contributed by atoms with Crippen LogP contribution in [-0.2, 0) is 0 Å². The fraction of sp³-hybridized carbons (Fsp3) is 0.182. The molecule has 1 aromatic heterocycles. The summed E-state index contributed by atoms with van der Waals surface area (Å²) in [6, 6.07) is 9.76. The van der Waals surface area contributed by atoms with Crippen molar-refractivity contribution in [1.29, 1.82) is 5.26 Å². The lowest BCUT2D eigenvalue weighted by Gasteiger charge is -2.04. The van der Waals surface area contributed by atoms with Crippen LogP contribution in [0.4, 0.5) is 0 Å². The molecular formula is C11H10BrN5S. The van der Waals surface area contributed by atoms with Crippen LogP contribution < -0.4 is 5.84 Å². The van der Waals surface area contributed by atoms with Crippen LogP contribution in [0.2, 0.25) is 0 Å². The number of nitrogens with two attached hydrogens (primary N) is 1. The molecule has 5 nitrogen and oxygen atoms in total. The van der Waals surface area contributed by atoms with Crippen molar-refractivity contribution in [3.63, 3.8) is 0 Å². The Hall–Kier alpha value is -1.52. The summed E-state index contributed by atoms with van der Waals surface area (Å²) in [7, 11) is 0. The van der Waals surface area contributed by atoms with E-state index in [-0.39, 0.29) is 5.25 Å². The van der Waals surface area contributed by atoms with Crippen molar-refractivity contribution in [1.82, 2.24) is 14.9 Å². The van der Waals surface area contributed by atoms with Crippen molar-refractivity contribution in [3.05, 3.63) is 28.7 Å². The first-order valence-electron chi connectivity index (χ1n) is 5.14. The maximum atomic E-state index is 8.77. The molecule has 0 aliphatic heterocycles. The number of thioether (sulfide) groups is 1. The van der Waals surface area contributed by atoms with Crippen LogP contribution >= 0.6 is 27.7 Å². The van der Waals surface area contributed by atoms with E-state index >= 15 is 0 Å². The Kier molecular flexibility index (Phi) is 3.89. The summed E-state index contributed by atoms with van der Waals surface area (Å²) in [5.74, 6) is 6.51. The first-order valence-corrected chi connectivity index (χ1v) is 6.82. The highest BCUT2D eigenvalue weighted by atomic mass is 79.9. The van der Waals surface area contributed by atoms with Gasteiger partial charge in [-0.3, -0.25) is 0 Å². The SMILES string of the molecule is CC(C#N)Sc1nnc(-c2cccc(Br)c2)n1N. The molecule has 0 saturated heterocycles. The third kappa shape index (κ3) is 2.66. The summed E-state index contributed by atoms with van der Waals surface area (Å²) in [5, 5.41) is 17.1. The van der Waals surface area contributed by atoms with Crippen molar-refractivity contribution in [3.8, 4) is 17.5 Å². The Morgan fingerprint density at radius 1 is 1.50 bits per heavy atom. The molecule has 1 unspecified atom stereocenters. The minimum Gasteiger partial charge on any atom is -0.335 e. The summed E-state index contributed by atoms with van der Waals surface area (Å²) in [6.45, 7) is 1.79. The molecule has 0 amide bonds. The molecule has 0 fully saturated rings. The Morgan fingerprint density at radius 3 is 2.94 bits per heavy atom. The van der Waals surface area contributed by atoms with Gasteiger partial charge in [-0.05, 0) is 19.1 Å². The number of hydrogen-bond acceptors (Lipinski definition) is 5. The number of benzene rings is 1. The van der Waals surface area contributed by atoms with Crippen molar-refractivity contribution < 1.29 is 0 Å². The van der Waals surface area contributed by atoms with E-state index in [9.17, 15) is 0 Å². The normalized spacial score (nSPS) is 12.1. The van der Waals surface area contributed by atoms with E-state index in [2.05, 4.69) is 32.2 Å². The molecule has 2 rings (SSSR count). The van der Waals surface area contributed by atoms with Crippen molar-refractivity contribution >= 4 is 27.7 Å². The number of nitrogen functional groups attached to an aromatic ring is 1. The van der Waals surface area contributed by atoms with E-state index in [0.717, 1.165) is 10.0 Å². The summed E-state index contributed by atoms with van der Waals surface area (Å²) in [4.78, 5) is 0. The first-order chi connectivity index (χ1) is 8.61. The second-order valence-electron chi connectivity index (χ2n) is 3.58. The molecule has 0 aliphatic carbocycles. The summed E-state index contributed by atoms with van der Waals surface area (Å²) >= 11 is 4.68. The molecule has 18 heavy (non-hydrogen) atoms. The molecule has 1 heterocycles. The molecule has 92 valence electrons. The summed E-state index contributed by atoms with van der Waals surface area (Å²) < 4.78 is 2.35. The van der Waals surface area contributed by atoms with Gasteiger partial charge in [0.1, 0.15) is 0 Å². The van der Waals surface area contributed by atoms with Gasteiger partial charge < -0.3 is 5.84 Å². The average molecular weight is 324 g/mol. The third-order valence-corrected chi connectivity index (χ3v) is 3.65. The molecule has 7 heteroatoms. The van der Waals surface area contributed by atoms with Gasteiger partial charge in [0.2, 0.25) is 5.16 Å². The zero-order valence-corrected chi connectivity index (χ0v) is 11.9. The van der Waals surface area contributed by atoms with Gasteiger partial charge in [0, 0.05) is 10.0 Å². The summed E-state index contributed by atoms with van der Waals surface area (Å²) in [5.41, 5.74) is 0.871. The predicted octanol–water partition coefficient (Wildman–Crippen LogP) is 2.43. The second kappa shape index (κ2) is 5.42. The van der Waals surface area contributed by atoms with Crippen LogP contribution in [0, 0.1) is 11.3 Å². The highest BCUT2D eigenvalue weighted by Crippen LogP contribution is 2.25. The zero-order valence-electron chi connectivity index (χ0n) is 9.54. The van der Waals surface area contributed by atoms with Crippen LogP contribution in [0.25, 0.3) is 11.4 Å². The predicted molar refractivity (Wildman–Crippen MR) is 74.2 cm³/mol. The minimum atomic E-state index is -0.216. The molecule has 1 atom stereocenters. The highest BCUT2D eigenvalue weighted by Gasteiger charge is 2.14. The Balaban J connectivity index is 2.34. The second-order valence-corrected chi connectivity index (χ2v) is 5.80. The molecule has 0 spiro atoms. The van der Waals surface area contributed by atoms with Gasteiger partial charge in [0.15, 0.2) is 5.82 Å². The maximum absolute atomic E-state index is 8.77. The smallest absolute Gasteiger partial charge is 0.211 e. The van der Waals surface area contributed by atoms with Gasteiger partial charge in [-0.15, -0.1) is 10.2 Å². The number of hydrogen-bond donors (Lipinski definition) is 1. The lowest BCUT2D eigenvalue weighted by molar-refractivity contribution is 0.847. The molecule has 1 aromatic carbocycles. The summed E-state index contributed by atoms with van der Waals surface area (Å²) in [6.07, 6.45) is 0. The van der Waals surface area contributed by atoms with Crippen molar-refractivity contribution in [2.75, 3.05) is 5.84 Å². The van der Waals surface area contributed by atoms with Gasteiger partial charge >= 0.3 is 0 Å². The fourth-order valence-corrected chi connectivity index (χ4v) is 2.42. The Labute approximate surface area is 117 Å². The largest absolute Gasteiger partial charge is 0.335 e. The Bertz CT molecular complexity index is 604. The van der Waals surface area contributed by atoms with Crippen LogP contribution in [-0.4, -0.2) is 20.1 Å². The van der Waals surface area contributed by atoms with Crippen LogP contribution in [0.5, 0.6) is 0 Å². The molecule has 0 aliphatic rings. The molecule has 2 aromatic rings. The topological polar surface area (TPSA) is 80.5 Å². The quantitative estimate of drug-likeness (QED) is 0.693. The Morgan fingerprint density at radius 2 is 2.28 bits per heavy atom. The van der Waals surface area contributed by atoms with E-state index in [1.54, 1.807) is 6.92 Å². The van der Waals surface area contributed by atoms with Gasteiger partial charge in [-0.1, -0.05) is 39.8 Å². The fourth-order valence-electron chi connectivity index (χ4n) is 1.37. The monoisotopic (exact) mass is 323 g/mol. The van der Waals surface area contributed by atoms with Crippen molar-refractivity contribution in [2.45, 2.75) is 17.3 Å². The van der Waals surface area contributed by atoms with Gasteiger partial charge in [0.25, 0.3) is 0 Å².